The second-order valence-electron chi connectivity index (χ2n) is 5.99. The summed E-state index contributed by atoms with van der Waals surface area (Å²) >= 11 is 0. The molecule has 0 saturated carbocycles. The molecule has 3 aromatic rings. The van der Waals surface area contributed by atoms with Crippen LogP contribution in [0.3, 0.4) is 0 Å². The van der Waals surface area contributed by atoms with E-state index in [1.54, 1.807) is 13.1 Å². The van der Waals surface area contributed by atoms with Crippen molar-refractivity contribution in [2.75, 3.05) is 0 Å². The first-order chi connectivity index (χ1) is 11.7. The number of hydrogen-bond donors (Lipinski definition) is 1. The first kappa shape index (κ1) is 14.7. The number of imidazole rings is 1. The third kappa shape index (κ3) is 2.71. The molecule has 2 aromatic heterocycles. The van der Waals surface area contributed by atoms with Crippen molar-refractivity contribution >= 4 is 5.91 Å². The Labute approximate surface area is 139 Å². The van der Waals surface area contributed by atoms with Crippen molar-refractivity contribution in [3.8, 4) is 11.5 Å². The summed E-state index contributed by atoms with van der Waals surface area (Å²) in [6.07, 6.45) is 5.49. The fourth-order valence-electron chi connectivity index (χ4n) is 3.05. The summed E-state index contributed by atoms with van der Waals surface area (Å²) in [5.74, 6) is 1.89. The number of hydrogen-bond acceptors (Lipinski definition) is 4. The van der Waals surface area contributed by atoms with E-state index in [1.807, 2.05) is 36.5 Å². The molecule has 1 atom stereocenters. The van der Waals surface area contributed by atoms with Gasteiger partial charge in [-0.1, -0.05) is 18.2 Å². The number of nitrogens with zero attached hydrogens (tertiary/aromatic N) is 3. The molecule has 1 aliphatic rings. The first-order valence-corrected chi connectivity index (χ1v) is 8.04. The number of oxazole rings is 1. The molecule has 6 nitrogen and oxygen atoms in total. The van der Waals surface area contributed by atoms with Gasteiger partial charge in [0.25, 0.3) is 5.91 Å². The lowest BCUT2D eigenvalue weighted by atomic mass is 10.1. The molecule has 0 saturated heterocycles. The van der Waals surface area contributed by atoms with E-state index in [1.165, 1.54) is 0 Å². The van der Waals surface area contributed by atoms with Gasteiger partial charge in [-0.05, 0) is 25.5 Å². The average Bonchev–Trinajstić information content (AvgIpc) is 3.21. The second kappa shape index (κ2) is 5.96. The summed E-state index contributed by atoms with van der Waals surface area (Å²) in [7, 11) is 0. The van der Waals surface area contributed by atoms with Crippen molar-refractivity contribution in [2.45, 2.75) is 32.4 Å². The highest BCUT2D eigenvalue weighted by Crippen LogP contribution is 2.22. The summed E-state index contributed by atoms with van der Waals surface area (Å²) in [5.41, 5.74) is 1.21. The van der Waals surface area contributed by atoms with Gasteiger partial charge in [-0.25, -0.2) is 9.97 Å². The van der Waals surface area contributed by atoms with E-state index in [0.717, 1.165) is 30.8 Å². The molecule has 6 heteroatoms. The van der Waals surface area contributed by atoms with Gasteiger partial charge in [0.1, 0.15) is 11.6 Å². The molecule has 4 rings (SSSR count). The van der Waals surface area contributed by atoms with Gasteiger partial charge in [0.2, 0.25) is 5.89 Å². The molecule has 0 aliphatic carbocycles. The third-order valence-electron chi connectivity index (χ3n) is 4.30. The minimum Gasteiger partial charge on any atom is -0.441 e. The van der Waals surface area contributed by atoms with Crippen LogP contribution >= 0.6 is 0 Å². The van der Waals surface area contributed by atoms with Crippen LogP contribution in [0.15, 0.2) is 47.1 Å². The van der Waals surface area contributed by atoms with E-state index in [-0.39, 0.29) is 11.9 Å². The third-order valence-corrected chi connectivity index (χ3v) is 4.30. The highest BCUT2D eigenvalue weighted by molar-refractivity contribution is 5.93. The molecule has 1 N–H and O–H groups in total. The lowest BCUT2D eigenvalue weighted by Gasteiger charge is -2.24. The molecule has 0 spiro atoms. The number of carbonyl (C=O) groups excluding carboxylic acids is 1. The number of carbonyl (C=O) groups is 1. The Morgan fingerprint density at radius 1 is 1.33 bits per heavy atom. The molecule has 1 amide bonds. The largest absolute Gasteiger partial charge is 0.441 e. The molecule has 1 aromatic carbocycles. The van der Waals surface area contributed by atoms with Crippen LogP contribution in [0.5, 0.6) is 0 Å². The molecule has 24 heavy (non-hydrogen) atoms. The maximum atomic E-state index is 12.6. The number of fused-ring (bicyclic) bond motifs is 1. The van der Waals surface area contributed by atoms with Gasteiger partial charge in [0.05, 0.1) is 0 Å². The number of aromatic nitrogens is 3. The van der Waals surface area contributed by atoms with Gasteiger partial charge in [-0.15, -0.1) is 0 Å². The SMILES string of the molecule is Cc1oc(-c2ccccc2)nc1C(=O)N[C@@H]1CCc2nccn2C1. The highest BCUT2D eigenvalue weighted by atomic mass is 16.4. The van der Waals surface area contributed by atoms with Crippen molar-refractivity contribution in [2.24, 2.45) is 0 Å². The number of amides is 1. The molecular weight excluding hydrogens is 304 g/mol. The molecule has 122 valence electrons. The summed E-state index contributed by atoms with van der Waals surface area (Å²) in [5, 5.41) is 3.06. The predicted molar refractivity (Wildman–Crippen MR) is 88.5 cm³/mol. The van der Waals surface area contributed by atoms with Gasteiger partial charge in [0, 0.05) is 37.0 Å². The molecule has 3 heterocycles. The topological polar surface area (TPSA) is 73.0 Å². The molecule has 0 bridgehead atoms. The number of aryl methyl sites for hydroxylation is 2. The Hall–Kier alpha value is -2.89. The maximum Gasteiger partial charge on any atom is 0.273 e. The quantitative estimate of drug-likeness (QED) is 0.804. The minimum atomic E-state index is -0.188. The zero-order valence-corrected chi connectivity index (χ0v) is 13.4. The Balaban J connectivity index is 1.50. The van der Waals surface area contributed by atoms with Gasteiger partial charge < -0.3 is 14.3 Å². The smallest absolute Gasteiger partial charge is 0.273 e. The van der Waals surface area contributed by atoms with E-state index >= 15 is 0 Å². The number of rotatable bonds is 3. The normalized spacial score (nSPS) is 16.6. The van der Waals surface area contributed by atoms with Crippen LogP contribution in [-0.2, 0) is 13.0 Å². The summed E-state index contributed by atoms with van der Waals surface area (Å²) in [4.78, 5) is 21.3. The summed E-state index contributed by atoms with van der Waals surface area (Å²) in [6.45, 7) is 2.51. The predicted octanol–water partition coefficient (Wildman–Crippen LogP) is 2.59. The molecule has 0 radical (unpaired) electrons. The van der Waals surface area contributed by atoms with Gasteiger partial charge in [-0.3, -0.25) is 4.79 Å². The zero-order chi connectivity index (χ0) is 16.5. The van der Waals surface area contributed by atoms with Crippen molar-refractivity contribution in [3.05, 3.63) is 60.0 Å². The molecule has 0 unspecified atom stereocenters. The van der Waals surface area contributed by atoms with Crippen molar-refractivity contribution < 1.29 is 9.21 Å². The van der Waals surface area contributed by atoms with Crippen LogP contribution in [-0.4, -0.2) is 26.5 Å². The number of benzene rings is 1. The molecular formula is C18H18N4O2. The minimum absolute atomic E-state index is 0.0791. The van der Waals surface area contributed by atoms with E-state index in [2.05, 4.69) is 19.9 Å². The maximum absolute atomic E-state index is 12.6. The van der Waals surface area contributed by atoms with Gasteiger partial charge in [-0.2, -0.15) is 0 Å². The molecule has 0 fully saturated rings. The average molecular weight is 322 g/mol. The summed E-state index contributed by atoms with van der Waals surface area (Å²) in [6, 6.07) is 9.66. The molecule has 1 aliphatic heterocycles. The lowest BCUT2D eigenvalue weighted by Crippen LogP contribution is -2.41. The monoisotopic (exact) mass is 322 g/mol. The van der Waals surface area contributed by atoms with Gasteiger partial charge in [0.15, 0.2) is 5.69 Å². The van der Waals surface area contributed by atoms with Crippen LogP contribution < -0.4 is 5.32 Å². The fraction of sp³-hybridized carbons (Fsp3) is 0.278. The van der Waals surface area contributed by atoms with E-state index < -0.39 is 0 Å². The van der Waals surface area contributed by atoms with Gasteiger partial charge >= 0.3 is 0 Å². The number of nitrogens with one attached hydrogen (secondary N) is 1. The van der Waals surface area contributed by atoms with Crippen LogP contribution in [0.1, 0.15) is 28.5 Å². The Morgan fingerprint density at radius 3 is 3.00 bits per heavy atom. The van der Waals surface area contributed by atoms with Crippen LogP contribution in [0.4, 0.5) is 0 Å². The van der Waals surface area contributed by atoms with Crippen LogP contribution in [0.25, 0.3) is 11.5 Å². The van der Waals surface area contributed by atoms with Crippen molar-refractivity contribution in [3.63, 3.8) is 0 Å². The first-order valence-electron chi connectivity index (χ1n) is 8.04. The standard InChI is InChI=1S/C18H18N4O2/c1-12-16(21-18(24-12)13-5-3-2-4-6-13)17(23)20-14-7-8-15-19-9-10-22(15)11-14/h2-6,9-10,14H,7-8,11H2,1H3,(H,20,23)/t14-/m1/s1. The highest BCUT2D eigenvalue weighted by Gasteiger charge is 2.24. The van der Waals surface area contributed by atoms with Crippen LogP contribution in [0.2, 0.25) is 0 Å². The van der Waals surface area contributed by atoms with Crippen molar-refractivity contribution in [1.82, 2.24) is 19.9 Å². The Morgan fingerprint density at radius 2 is 2.17 bits per heavy atom. The van der Waals surface area contributed by atoms with E-state index in [4.69, 9.17) is 4.42 Å². The fourth-order valence-corrected chi connectivity index (χ4v) is 3.05. The second-order valence-corrected chi connectivity index (χ2v) is 5.99. The van der Waals surface area contributed by atoms with Crippen LogP contribution in [0, 0.1) is 6.92 Å². The van der Waals surface area contributed by atoms with E-state index in [0.29, 0.717) is 17.3 Å². The van der Waals surface area contributed by atoms with Crippen molar-refractivity contribution in [1.29, 1.82) is 0 Å². The Kier molecular flexibility index (Phi) is 3.65. The Bertz CT molecular complexity index is 866. The lowest BCUT2D eigenvalue weighted by molar-refractivity contribution is 0.0921. The van der Waals surface area contributed by atoms with E-state index in [9.17, 15) is 4.79 Å². The zero-order valence-electron chi connectivity index (χ0n) is 13.4. The summed E-state index contributed by atoms with van der Waals surface area (Å²) < 4.78 is 7.75.